The van der Waals surface area contributed by atoms with Crippen LogP contribution in [0, 0.1) is 10.3 Å². The molecule has 0 aromatic carbocycles. The molecule has 7 heteroatoms. The molecule has 3 rings (SSSR count). The molecule has 1 atom stereocenters. The summed E-state index contributed by atoms with van der Waals surface area (Å²) in [5.74, 6) is 0.565. The SMILES string of the molecule is C=C(c1nc(OC)ccc1N=CC)N1CCC2(CCC(N=O)C2)CC1.CN. The molecule has 1 unspecified atom stereocenters. The number of rotatable bonds is 5. The molecular formula is C20H31N5O2. The van der Waals surface area contributed by atoms with Gasteiger partial charge in [0.25, 0.3) is 0 Å². The standard InChI is InChI=1S/C19H26N4O2.CH5N/c1-4-20-16-5-6-17(25-3)21-18(16)14(2)23-11-9-19(10-12-23)8-7-15(13-19)22-24;1-2/h4-6,15H,2,7-13H2,1,3H3;2H2,1H3. The van der Waals surface area contributed by atoms with Gasteiger partial charge in [0.2, 0.25) is 5.88 Å². The summed E-state index contributed by atoms with van der Waals surface area (Å²) in [5.41, 5.74) is 7.26. The summed E-state index contributed by atoms with van der Waals surface area (Å²) in [6.07, 6.45) is 6.92. The van der Waals surface area contributed by atoms with Gasteiger partial charge >= 0.3 is 0 Å². The number of pyridine rings is 1. The van der Waals surface area contributed by atoms with Crippen molar-refractivity contribution in [3.05, 3.63) is 29.3 Å². The van der Waals surface area contributed by atoms with Gasteiger partial charge in [0.15, 0.2) is 0 Å². The number of nitrogens with zero attached hydrogens (tertiary/aromatic N) is 4. The van der Waals surface area contributed by atoms with E-state index in [1.54, 1.807) is 13.3 Å². The average molecular weight is 374 g/mol. The van der Waals surface area contributed by atoms with Crippen LogP contribution in [0.25, 0.3) is 5.70 Å². The highest BCUT2D eigenvalue weighted by molar-refractivity contribution is 5.73. The first-order valence-electron chi connectivity index (χ1n) is 9.49. The van der Waals surface area contributed by atoms with Gasteiger partial charge in [-0.1, -0.05) is 11.8 Å². The Hall–Kier alpha value is -2.28. The zero-order valence-electron chi connectivity index (χ0n) is 16.6. The number of likely N-dealkylation sites (tertiary alicyclic amines) is 1. The summed E-state index contributed by atoms with van der Waals surface area (Å²) in [7, 11) is 3.11. The largest absolute Gasteiger partial charge is 0.481 e. The Kier molecular flexibility index (Phi) is 7.47. The van der Waals surface area contributed by atoms with Crippen molar-refractivity contribution in [1.29, 1.82) is 0 Å². The minimum Gasteiger partial charge on any atom is -0.481 e. The smallest absolute Gasteiger partial charge is 0.213 e. The van der Waals surface area contributed by atoms with Crippen LogP contribution in [0.3, 0.4) is 0 Å². The number of hydrogen-bond acceptors (Lipinski definition) is 7. The molecular weight excluding hydrogens is 342 g/mol. The zero-order chi connectivity index (χ0) is 19.9. The van der Waals surface area contributed by atoms with Gasteiger partial charge < -0.3 is 15.4 Å². The number of nitrogens with two attached hydrogens (primary N) is 1. The van der Waals surface area contributed by atoms with Crippen molar-refractivity contribution in [2.45, 2.75) is 45.1 Å². The third-order valence-corrected chi connectivity index (χ3v) is 5.63. The molecule has 2 aliphatic rings. The number of hydrogen-bond donors (Lipinski definition) is 1. The van der Waals surface area contributed by atoms with E-state index in [0.29, 0.717) is 11.3 Å². The topological polar surface area (TPSA) is 93.2 Å². The highest BCUT2D eigenvalue weighted by Gasteiger charge is 2.42. The molecule has 1 saturated carbocycles. The molecule has 1 aromatic heterocycles. The van der Waals surface area contributed by atoms with E-state index in [4.69, 9.17) is 4.74 Å². The highest BCUT2D eigenvalue weighted by Crippen LogP contribution is 2.48. The van der Waals surface area contributed by atoms with Crippen LogP contribution in [0.5, 0.6) is 5.88 Å². The molecule has 27 heavy (non-hydrogen) atoms. The monoisotopic (exact) mass is 373 g/mol. The molecule has 1 aliphatic heterocycles. The molecule has 0 bridgehead atoms. The van der Waals surface area contributed by atoms with E-state index >= 15 is 0 Å². The summed E-state index contributed by atoms with van der Waals surface area (Å²) in [6, 6.07) is 3.74. The van der Waals surface area contributed by atoms with Crippen molar-refractivity contribution in [3.63, 3.8) is 0 Å². The van der Waals surface area contributed by atoms with Crippen LogP contribution in [0.15, 0.2) is 28.9 Å². The minimum atomic E-state index is 0.0142. The van der Waals surface area contributed by atoms with Crippen LogP contribution in [0.2, 0.25) is 0 Å². The predicted octanol–water partition coefficient (Wildman–Crippen LogP) is 3.76. The lowest BCUT2D eigenvalue weighted by Crippen LogP contribution is -2.38. The lowest BCUT2D eigenvalue weighted by molar-refractivity contribution is 0.146. The molecule has 1 spiro atoms. The Morgan fingerprint density at radius 2 is 2.07 bits per heavy atom. The number of ether oxygens (including phenoxy) is 1. The molecule has 7 nitrogen and oxygen atoms in total. The summed E-state index contributed by atoms with van der Waals surface area (Å²) < 4.78 is 5.26. The fourth-order valence-electron chi connectivity index (χ4n) is 4.12. The molecule has 0 amide bonds. The highest BCUT2D eigenvalue weighted by atomic mass is 16.5. The minimum absolute atomic E-state index is 0.0142. The second-order valence-corrected chi connectivity index (χ2v) is 7.04. The number of piperidine rings is 1. The number of aromatic nitrogens is 1. The van der Waals surface area contributed by atoms with E-state index in [-0.39, 0.29) is 6.04 Å². The maximum absolute atomic E-state index is 10.8. The van der Waals surface area contributed by atoms with Crippen LogP contribution < -0.4 is 10.5 Å². The number of methoxy groups -OCH3 is 1. The van der Waals surface area contributed by atoms with E-state index in [9.17, 15) is 4.91 Å². The van der Waals surface area contributed by atoms with Crippen LogP contribution in [0.1, 0.15) is 44.7 Å². The maximum Gasteiger partial charge on any atom is 0.213 e. The molecule has 2 heterocycles. The summed E-state index contributed by atoms with van der Waals surface area (Å²) in [5, 5.41) is 3.27. The zero-order valence-corrected chi connectivity index (χ0v) is 16.6. The van der Waals surface area contributed by atoms with E-state index in [1.807, 2.05) is 19.1 Å². The van der Waals surface area contributed by atoms with Gasteiger partial charge in [-0.25, -0.2) is 4.98 Å². The second-order valence-electron chi connectivity index (χ2n) is 7.04. The van der Waals surface area contributed by atoms with Crippen molar-refractivity contribution in [3.8, 4) is 5.88 Å². The third-order valence-electron chi connectivity index (χ3n) is 5.63. The molecule has 1 aliphatic carbocycles. The van der Waals surface area contributed by atoms with Crippen LogP contribution in [-0.2, 0) is 0 Å². The quantitative estimate of drug-likeness (QED) is 0.626. The predicted molar refractivity (Wildman–Crippen MR) is 110 cm³/mol. The molecule has 2 fully saturated rings. The van der Waals surface area contributed by atoms with Crippen LogP contribution in [-0.4, -0.2) is 49.4 Å². The van der Waals surface area contributed by atoms with Gasteiger partial charge in [-0.05, 0) is 57.6 Å². The fraction of sp³-hybridized carbons (Fsp3) is 0.600. The van der Waals surface area contributed by atoms with Crippen molar-refractivity contribution in [1.82, 2.24) is 9.88 Å². The van der Waals surface area contributed by atoms with Crippen molar-refractivity contribution < 1.29 is 4.74 Å². The average Bonchev–Trinajstić information content (AvgIpc) is 3.13. The van der Waals surface area contributed by atoms with Gasteiger partial charge in [-0.15, -0.1) is 0 Å². The first kappa shape index (κ1) is 21.0. The van der Waals surface area contributed by atoms with Gasteiger partial charge in [0, 0.05) is 25.4 Å². The Bertz CT molecular complexity index is 681. The van der Waals surface area contributed by atoms with E-state index in [2.05, 4.69) is 32.4 Å². The second kappa shape index (κ2) is 9.60. The Labute approximate surface area is 161 Å². The van der Waals surface area contributed by atoms with Gasteiger partial charge in [-0.2, -0.15) is 4.91 Å². The third kappa shape index (κ3) is 4.71. The lowest BCUT2D eigenvalue weighted by atomic mass is 9.76. The summed E-state index contributed by atoms with van der Waals surface area (Å²) >= 11 is 0. The van der Waals surface area contributed by atoms with Gasteiger partial charge in [-0.3, -0.25) is 4.99 Å². The lowest BCUT2D eigenvalue weighted by Gasteiger charge is -2.41. The Balaban J connectivity index is 0.00000126. The van der Waals surface area contributed by atoms with Crippen molar-refractivity contribution in [2.24, 2.45) is 21.3 Å². The first-order valence-corrected chi connectivity index (χ1v) is 9.49. The summed E-state index contributed by atoms with van der Waals surface area (Å²) in [6.45, 7) is 8.02. The normalized spacial score (nSPS) is 21.0. The van der Waals surface area contributed by atoms with Crippen molar-refractivity contribution >= 4 is 17.6 Å². The van der Waals surface area contributed by atoms with E-state index < -0.39 is 0 Å². The van der Waals surface area contributed by atoms with Crippen LogP contribution in [0.4, 0.5) is 5.69 Å². The molecule has 1 saturated heterocycles. The number of aliphatic imine (C=N–C) groups is 1. The van der Waals surface area contributed by atoms with E-state index in [1.165, 1.54) is 7.05 Å². The number of nitroso groups, excluding NO2 is 1. The molecule has 2 N–H and O–H groups in total. The van der Waals surface area contributed by atoms with Gasteiger partial charge in [0.05, 0.1) is 24.5 Å². The van der Waals surface area contributed by atoms with Crippen LogP contribution >= 0.6 is 0 Å². The molecule has 148 valence electrons. The first-order chi connectivity index (χ1) is 13.1. The maximum atomic E-state index is 10.8. The molecule has 1 aromatic rings. The summed E-state index contributed by atoms with van der Waals surface area (Å²) in [4.78, 5) is 22.1. The van der Waals surface area contributed by atoms with E-state index in [0.717, 1.165) is 62.3 Å². The Morgan fingerprint density at radius 3 is 2.63 bits per heavy atom. The van der Waals surface area contributed by atoms with Gasteiger partial charge in [0.1, 0.15) is 5.69 Å². The Morgan fingerprint density at radius 1 is 1.37 bits per heavy atom. The fourth-order valence-corrected chi connectivity index (χ4v) is 4.12. The molecule has 0 radical (unpaired) electrons. The van der Waals surface area contributed by atoms with Crippen molar-refractivity contribution in [2.75, 3.05) is 27.2 Å².